The third-order valence-corrected chi connectivity index (χ3v) is 10.5. The highest BCUT2D eigenvalue weighted by Gasteiger charge is 2.19. The van der Waals surface area contributed by atoms with Crippen LogP contribution in [-0.2, 0) is 28.6 Å². The van der Waals surface area contributed by atoms with Crippen molar-refractivity contribution in [2.45, 2.75) is 259 Å². The molecule has 0 heterocycles. The first kappa shape index (κ1) is 51.4. The Labute approximate surface area is 329 Å². The van der Waals surface area contributed by atoms with Gasteiger partial charge in [-0.05, 0) is 31.1 Å². The SMILES string of the molecule is CCCCCCCCCCCCCC(=O)O[C@H](COC(=O)CCCCCCCCCCCCCC(C)C)COC(=O)CCCCCCCCCC(C)C. The number of unbranched alkanes of at least 4 members (excludes halogenated alkanes) is 26. The zero-order valence-corrected chi connectivity index (χ0v) is 36.1. The van der Waals surface area contributed by atoms with Gasteiger partial charge < -0.3 is 14.2 Å². The predicted molar refractivity (Wildman–Crippen MR) is 224 cm³/mol. The lowest BCUT2D eigenvalue weighted by Gasteiger charge is -2.18. The van der Waals surface area contributed by atoms with Crippen molar-refractivity contribution in [1.29, 1.82) is 0 Å². The standard InChI is InChI=1S/C47H90O6/c1-6-7-8-9-10-11-13-18-23-29-34-39-47(50)53-44(41-52-46(49)38-33-28-24-19-21-26-31-36-43(4)5)40-51-45(48)37-32-27-22-17-15-12-14-16-20-25-30-35-42(2)3/h42-44H,6-41H2,1-5H3/t44-/m1/s1. The summed E-state index contributed by atoms with van der Waals surface area (Å²) in [5.74, 6) is 0.749. The Balaban J connectivity index is 4.32. The summed E-state index contributed by atoms with van der Waals surface area (Å²) in [4.78, 5) is 37.7. The van der Waals surface area contributed by atoms with E-state index in [2.05, 4.69) is 34.6 Å². The van der Waals surface area contributed by atoms with Gasteiger partial charge in [0.15, 0.2) is 6.10 Å². The quantitative estimate of drug-likeness (QED) is 0.0352. The van der Waals surface area contributed by atoms with Crippen molar-refractivity contribution in [2.75, 3.05) is 13.2 Å². The van der Waals surface area contributed by atoms with E-state index in [4.69, 9.17) is 14.2 Å². The van der Waals surface area contributed by atoms with E-state index >= 15 is 0 Å². The zero-order chi connectivity index (χ0) is 39.0. The second-order valence-corrected chi connectivity index (χ2v) is 17.0. The molecule has 0 amide bonds. The second-order valence-electron chi connectivity index (χ2n) is 17.0. The Morgan fingerprint density at radius 2 is 0.623 bits per heavy atom. The zero-order valence-electron chi connectivity index (χ0n) is 36.1. The fourth-order valence-corrected chi connectivity index (χ4v) is 6.93. The summed E-state index contributed by atoms with van der Waals surface area (Å²) in [5.41, 5.74) is 0. The third-order valence-electron chi connectivity index (χ3n) is 10.5. The van der Waals surface area contributed by atoms with Crippen LogP contribution in [0.5, 0.6) is 0 Å². The molecule has 1 atom stereocenters. The topological polar surface area (TPSA) is 78.9 Å². The predicted octanol–water partition coefficient (Wildman–Crippen LogP) is 14.6. The minimum Gasteiger partial charge on any atom is -0.462 e. The van der Waals surface area contributed by atoms with Crippen molar-refractivity contribution >= 4 is 17.9 Å². The van der Waals surface area contributed by atoms with E-state index in [0.717, 1.165) is 69.6 Å². The molecule has 0 saturated carbocycles. The summed E-state index contributed by atoms with van der Waals surface area (Å²) in [5, 5.41) is 0. The van der Waals surface area contributed by atoms with Gasteiger partial charge in [0, 0.05) is 19.3 Å². The Morgan fingerprint density at radius 1 is 0.358 bits per heavy atom. The van der Waals surface area contributed by atoms with Crippen molar-refractivity contribution in [3.8, 4) is 0 Å². The summed E-state index contributed by atoms with van der Waals surface area (Å²) in [6, 6.07) is 0. The molecule has 0 aliphatic rings. The first-order chi connectivity index (χ1) is 25.7. The molecule has 314 valence electrons. The first-order valence-corrected chi connectivity index (χ1v) is 23.2. The molecule has 0 spiro atoms. The highest BCUT2D eigenvalue weighted by Crippen LogP contribution is 2.16. The highest BCUT2D eigenvalue weighted by molar-refractivity contribution is 5.71. The molecule has 0 N–H and O–H groups in total. The van der Waals surface area contributed by atoms with Crippen molar-refractivity contribution < 1.29 is 28.6 Å². The normalized spacial score (nSPS) is 12.1. The van der Waals surface area contributed by atoms with Crippen LogP contribution in [0.3, 0.4) is 0 Å². The van der Waals surface area contributed by atoms with Gasteiger partial charge in [-0.25, -0.2) is 0 Å². The number of rotatable bonds is 41. The van der Waals surface area contributed by atoms with Crippen molar-refractivity contribution in [1.82, 2.24) is 0 Å². The van der Waals surface area contributed by atoms with E-state index in [1.54, 1.807) is 0 Å². The lowest BCUT2D eigenvalue weighted by molar-refractivity contribution is -0.167. The largest absolute Gasteiger partial charge is 0.462 e. The van der Waals surface area contributed by atoms with Crippen molar-refractivity contribution in [3.63, 3.8) is 0 Å². The molecule has 0 radical (unpaired) electrons. The van der Waals surface area contributed by atoms with Crippen LogP contribution in [0.1, 0.15) is 253 Å². The minimum absolute atomic E-state index is 0.0651. The van der Waals surface area contributed by atoms with Crippen LogP contribution in [0.15, 0.2) is 0 Å². The molecular weight excluding hydrogens is 661 g/mol. The van der Waals surface area contributed by atoms with Gasteiger partial charge in [-0.2, -0.15) is 0 Å². The number of ether oxygens (including phenoxy) is 3. The summed E-state index contributed by atoms with van der Waals surface area (Å²) in [6.45, 7) is 11.3. The van der Waals surface area contributed by atoms with E-state index in [0.29, 0.717) is 19.3 Å². The number of esters is 3. The molecule has 0 rings (SSSR count). The van der Waals surface area contributed by atoms with Crippen molar-refractivity contribution in [3.05, 3.63) is 0 Å². The van der Waals surface area contributed by atoms with E-state index < -0.39 is 6.10 Å². The molecular formula is C47H90O6. The molecule has 0 aliphatic heterocycles. The van der Waals surface area contributed by atoms with Gasteiger partial charge in [-0.1, -0.05) is 214 Å². The molecule has 53 heavy (non-hydrogen) atoms. The van der Waals surface area contributed by atoms with Crippen molar-refractivity contribution in [2.24, 2.45) is 11.8 Å². The van der Waals surface area contributed by atoms with Gasteiger partial charge in [0.1, 0.15) is 13.2 Å². The third kappa shape index (κ3) is 41.4. The molecule has 6 nitrogen and oxygen atoms in total. The molecule has 0 aromatic rings. The summed E-state index contributed by atoms with van der Waals surface area (Å²) < 4.78 is 16.7. The number of carbonyl (C=O) groups excluding carboxylic acids is 3. The second kappa shape index (κ2) is 40.1. The van der Waals surface area contributed by atoms with Gasteiger partial charge in [0.05, 0.1) is 0 Å². The summed E-state index contributed by atoms with van der Waals surface area (Å²) in [6.07, 6.45) is 38.1. The molecule has 0 unspecified atom stereocenters. The molecule has 0 aromatic heterocycles. The van der Waals surface area contributed by atoms with E-state index in [-0.39, 0.29) is 31.1 Å². The van der Waals surface area contributed by atoms with Gasteiger partial charge in [-0.3, -0.25) is 14.4 Å². The Bertz CT molecular complexity index is 809. The first-order valence-electron chi connectivity index (χ1n) is 23.2. The smallest absolute Gasteiger partial charge is 0.306 e. The number of carbonyl (C=O) groups is 3. The van der Waals surface area contributed by atoms with E-state index in [1.165, 1.54) is 141 Å². The van der Waals surface area contributed by atoms with Crippen LogP contribution in [0, 0.1) is 11.8 Å². The monoisotopic (exact) mass is 751 g/mol. The Hall–Kier alpha value is -1.59. The average molecular weight is 751 g/mol. The van der Waals surface area contributed by atoms with Crippen LogP contribution < -0.4 is 0 Å². The van der Waals surface area contributed by atoms with Gasteiger partial charge in [0.25, 0.3) is 0 Å². The fraction of sp³-hybridized carbons (Fsp3) is 0.936. The van der Waals surface area contributed by atoms with Gasteiger partial charge >= 0.3 is 17.9 Å². The van der Waals surface area contributed by atoms with Crippen LogP contribution in [0.25, 0.3) is 0 Å². The van der Waals surface area contributed by atoms with E-state index in [9.17, 15) is 14.4 Å². The average Bonchev–Trinajstić information content (AvgIpc) is 3.12. The molecule has 0 saturated heterocycles. The number of hydrogen-bond acceptors (Lipinski definition) is 6. The van der Waals surface area contributed by atoms with Crippen LogP contribution in [-0.4, -0.2) is 37.2 Å². The van der Waals surface area contributed by atoms with Crippen LogP contribution in [0.4, 0.5) is 0 Å². The van der Waals surface area contributed by atoms with Crippen LogP contribution in [0.2, 0.25) is 0 Å². The van der Waals surface area contributed by atoms with Gasteiger partial charge in [0.2, 0.25) is 0 Å². The Morgan fingerprint density at radius 3 is 0.925 bits per heavy atom. The number of hydrogen-bond donors (Lipinski definition) is 0. The minimum atomic E-state index is -0.760. The molecule has 0 aliphatic carbocycles. The lowest BCUT2D eigenvalue weighted by atomic mass is 10.0. The maximum atomic E-state index is 12.7. The Kier molecular flexibility index (Phi) is 38.9. The van der Waals surface area contributed by atoms with Crippen LogP contribution >= 0.6 is 0 Å². The molecule has 6 heteroatoms. The maximum absolute atomic E-state index is 12.7. The molecule has 0 fully saturated rings. The van der Waals surface area contributed by atoms with E-state index in [1.807, 2.05) is 0 Å². The maximum Gasteiger partial charge on any atom is 0.306 e. The summed E-state index contributed by atoms with van der Waals surface area (Å²) >= 11 is 0. The van der Waals surface area contributed by atoms with Gasteiger partial charge in [-0.15, -0.1) is 0 Å². The lowest BCUT2D eigenvalue weighted by Crippen LogP contribution is -2.30. The molecule has 0 bridgehead atoms. The summed E-state index contributed by atoms with van der Waals surface area (Å²) in [7, 11) is 0. The molecule has 0 aromatic carbocycles. The fourth-order valence-electron chi connectivity index (χ4n) is 6.93. The highest BCUT2D eigenvalue weighted by atomic mass is 16.6.